The van der Waals surface area contributed by atoms with Crippen molar-refractivity contribution >= 4 is 22.6 Å². The third-order valence-corrected chi connectivity index (χ3v) is 3.64. The molecule has 1 atom stereocenters. The number of nitrogens with zero attached hydrogens (tertiary/aromatic N) is 1. The van der Waals surface area contributed by atoms with Crippen molar-refractivity contribution in [2.24, 2.45) is 0 Å². The number of aryl methyl sites for hydroxylation is 1. The van der Waals surface area contributed by atoms with Gasteiger partial charge in [-0.05, 0) is 42.8 Å². The van der Waals surface area contributed by atoms with Gasteiger partial charge in [-0.25, -0.2) is 0 Å². The molecule has 0 radical (unpaired) electrons. The normalized spacial score (nSPS) is 11.8. The second-order valence-electron chi connectivity index (χ2n) is 5.65. The first-order valence-electron chi connectivity index (χ1n) is 7.80. The predicted octanol–water partition coefficient (Wildman–Crippen LogP) is 2.10. The van der Waals surface area contributed by atoms with E-state index < -0.39 is 17.9 Å². The van der Waals surface area contributed by atoms with E-state index in [9.17, 15) is 9.59 Å². The number of nitrogens with one attached hydrogen (secondary N) is 3. The standard InChI is InChI=1S/C18H18N4O3/c1-11-9-16(20-19-11)18(24)22-21-17(23)12(2)25-15-8-7-13-5-3-4-6-14(13)10-15/h3-10,12H,1-2H3,(H,19,20)(H,21,23)(H,22,24). The van der Waals surface area contributed by atoms with Crippen LogP contribution in [0.4, 0.5) is 0 Å². The summed E-state index contributed by atoms with van der Waals surface area (Å²) in [6.07, 6.45) is -0.776. The number of carbonyl (C=O) groups excluding carboxylic acids is 2. The van der Waals surface area contributed by atoms with Crippen molar-refractivity contribution in [2.45, 2.75) is 20.0 Å². The summed E-state index contributed by atoms with van der Waals surface area (Å²) in [4.78, 5) is 23.9. The van der Waals surface area contributed by atoms with Crippen molar-refractivity contribution in [1.82, 2.24) is 21.0 Å². The van der Waals surface area contributed by atoms with Crippen LogP contribution in [0.1, 0.15) is 23.1 Å². The second kappa shape index (κ2) is 7.04. The molecule has 0 spiro atoms. The number of aromatic nitrogens is 2. The van der Waals surface area contributed by atoms with Crippen LogP contribution in [0.25, 0.3) is 10.8 Å². The van der Waals surface area contributed by atoms with E-state index in [2.05, 4.69) is 21.0 Å². The lowest BCUT2D eigenvalue weighted by Gasteiger charge is -2.15. The fourth-order valence-electron chi connectivity index (χ4n) is 2.32. The van der Waals surface area contributed by atoms with Crippen LogP contribution in [0.3, 0.4) is 0 Å². The molecule has 7 heteroatoms. The number of H-pyrrole nitrogens is 1. The Bertz CT molecular complexity index is 919. The Kier molecular flexibility index (Phi) is 4.65. The number of hydrogen-bond donors (Lipinski definition) is 3. The molecule has 1 heterocycles. The Morgan fingerprint density at radius 3 is 2.56 bits per heavy atom. The topological polar surface area (TPSA) is 96.1 Å². The summed E-state index contributed by atoms with van der Waals surface area (Å²) in [5, 5.41) is 8.59. The minimum atomic E-state index is -0.776. The zero-order valence-corrected chi connectivity index (χ0v) is 13.9. The van der Waals surface area contributed by atoms with E-state index in [1.54, 1.807) is 26.0 Å². The first-order chi connectivity index (χ1) is 12.0. The van der Waals surface area contributed by atoms with E-state index in [0.29, 0.717) is 5.75 Å². The number of hydrazine groups is 1. The highest BCUT2D eigenvalue weighted by molar-refractivity contribution is 5.94. The van der Waals surface area contributed by atoms with Crippen molar-refractivity contribution in [3.8, 4) is 5.75 Å². The van der Waals surface area contributed by atoms with Crippen molar-refractivity contribution in [1.29, 1.82) is 0 Å². The molecule has 1 unspecified atom stereocenters. The van der Waals surface area contributed by atoms with E-state index in [1.807, 2.05) is 36.4 Å². The Morgan fingerprint density at radius 2 is 1.84 bits per heavy atom. The summed E-state index contributed by atoms with van der Waals surface area (Å²) < 4.78 is 5.64. The van der Waals surface area contributed by atoms with Crippen molar-refractivity contribution < 1.29 is 14.3 Å². The lowest BCUT2D eigenvalue weighted by molar-refractivity contribution is -0.128. The molecule has 3 aromatic rings. The average molecular weight is 338 g/mol. The molecule has 25 heavy (non-hydrogen) atoms. The molecular formula is C18H18N4O3. The molecule has 0 aliphatic carbocycles. The van der Waals surface area contributed by atoms with E-state index in [1.165, 1.54) is 0 Å². The van der Waals surface area contributed by atoms with Gasteiger partial charge in [-0.3, -0.25) is 25.5 Å². The lowest BCUT2D eigenvalue weighted by atomic mass is 10.1. The molecule has 0 aliphatic rings. The van der Waals surface area contributed by atoms with Gasteiger partial charge >= 0.3 is 0 Å². The Balaban J connectivity index is 1.57. The molecule has 0 bridgehead atoms. The van der Waals surface area contributed by atoms with Gasteiger partial charge in [0.1, 0.15) is 5.75 Å². The molecule has 3 N–H and O–H groups in total. The van der Waals surface area contributed by atoms with Gasteiger partial charge in [0.25, 0.3) is 11.8 Å². The number of carbonyl (C=O) groups is 2. The van der Waals surface area contributed by atoms with Gasteiger partial charge in [-0.1, -0.05) is 30.3 Å². The van der Waals surface area contributed by atoms with E-state index in [-0.39, 0.29) is 5.69 Å². The van der Waals surface area contributed by atoms with Crippen LogP contribution in [0.15, 0.2) is 48.5 Å². The Labute approximate surface area is 144 Å². The SMILES string of the molecule is Cc1cc(C(=O)NNC(=O)C(C)Oc2ccc3ccccc3c2)n[nH]1. The van der Waals surface area contributed by atoms with Gasteiger partial charge in [0.2, 0.25) is 0 Å². The van der Waals surface area contributed by atoms with Gasteiger partial charge in [0.15, 0.2) is 11.8 Å². The van der Waals surface area contributed by atoms with Crippen molar-refractivity contribution in [3.63, 3.8) is 0 Å². The molecular weight excluding hydrogens is 320 g/mol. The first-order valence-corrected chi connectivity index (χ1v) is 7.80. The molecule has 2 aromatic carbocycles. The summed E-state index contributed by atoms with van der Waals surface area (Å²) in [5.74, 6) is -0.389. The number of benzene rings is 2. The smallest absolute Gasteiger partial charge is 0.290 e. The molecule has 0 fully saturated rings. The number of rotatable bonds is 4. The third kappa shape index (κ3) is 3.95. The maximum absolute atomic E-state index is 12.1. The molecule has 2 amide bonds. The maximum Gasteiger partial charge on any atom is 0.290 e. The summed E-state index contributed by atoms with van der Waals surface area (Å²) in [6.45, 7) is 3.39. The van der Waals surface area contributed by atoms with Gasteiger partial charge in [0, 0.05) is 5.69 Å². The first kappa shape index (κ1) is 16.5. The van der Waals surface area contributed by atoms with Crippen LogP contribution in [0.2, 0.25) is 0 Å². The van der Waals surface area contributed by atoms with E-state index in [0.717, 1.165) is 16.5 Å². The highest BCUT2D eigenvalue weighted by Gasteiger charge is 2.17. The molecule has 7 nitrogen and oxygen atoms in total. The van der Waals surface area contributed by atoms with Crippen LogP contribution in [0, 0.1) is 6.92 Å². The quantitative estimate of drug-likeness (QED) is 0.635. The number of hydrogen-bond acceptors (Lipinski definition) is 4. The summed E-state index contributed by atoms with van der Waals surface area (Å²) in [5.41, 5.74) is 5.59. The Hall–Kier alpha value is -3.35. The van der Waals surface area contributed by atoms with E-state index >= 15 is 0 Å². The number of aromatic amines is 1. The van der Waals surface area contributed by atoms with Crippen LogP contribution >= 0.6 is 0 Å². The highest BCUT2D eigenvalue weighted by Crippen LogP contribution is 2.21. The van der Waals surface area contributed by atoms with Crippen LogP contribution in [-0.4, -0.2) is 28.1 Å². The third-order valence-electron chi connectivity index (χ3n) is 3.64. The summed E-state index contributed by atoms with van der Waals surface area (Å²) in [6, 6.07) is 15.0. The Morgan fingerprint density at radius 1 is 1.08 bits per heavy atom. The zero-order chi connectivity index (χ0) is 17.8. The number of fused-ring (bicyclic) bond motifs is 1. The fraction of sp³-hybridized carbons (Fsp3) is 0.167. The molecule has 1 aromatic heterocycles. The maximum atomic E-state index is 12.1. The minimum absolute atomic E-state index is 0.195. The molecule has 128 valence electrons. The predicted molar refractivity (Wildman–Crippen MR) is 93.0 cm³/mol. The van der Waals surface area contributed by atoms with Crippen LogP contribution in [0.5, 0.6) is 5.75 Å². The fourth-order valence-corrected chi connectivity index (χ4v) is 2.32. The monoisotopic (exact) mass is 338 g/mol. The number of ether oxygens (including phenoxy) is 1. The molecule has 0 saturated heterocycles. The number of amides is 2. The van der Waals surface area contributed by atoms with Crippen molar-refractivity contribution in [2.75, 3.05) is 0 Å². The average Bonchev–Trinajstić information content (AvgIpc) is 3.05. The van der Waals surface area contributed by atoms with Crippen molar-refractivity contribution in [3.05, 3.63) is 59.9 Å². The van der Waals surface area contributed by atoms with Gasteiger partial charge in [0.05, 0.1) is 0 Å². The summed E-state index contributed by atoms with van der Waals surface area (Å²) >= 11 is 0. The van der Waals surface area contributed by atoms with Crippen LogP contribution in [-0.2, 0) is 4.79 Å². The largest absolute Gasteiger partial charge is 0.481 e. The lowest BCUT2D eigenvalue weighted by Crippen LogP contribution is -2.47. The molecule has 0 aliphatic heterocycles. The zero-order valence-electron chi connectivity index (χ0n) is 13.9. The van der Waals surface area contributed by atoms with Crippen LogP contribution < -0.4 is 15.6 Å². The minimum Gasteiger partial charge on any atom is -0.481 e. The highest BCUT2D eigenvalue weighted by atomic mass is 16.5. The summed E-state index contributed by atoms with van der Waals surface area (Å²) in [7, 11) is 0. The molecule has 0 saturated carbocycles. The van der Waals surface area contributed by atoms with E-state index in [4.69, 9.17) is 4.74 Å². The van der Waals surface area contributed by atoms with Gasteiger partial charge in [-0.15, -0.1) is 0 Å². The van der Waals surface area contributed by atoms with Gasteiger partial charge < -0.3 is 4.74 Å². The van der Waals surface area contributed by atoms with Gasteiger partial charge in [-0.2, -0.15) is 5.10 Å². The molecule has 3 rings (SSSR count). The second-order valence-corrected chi connectivity index (χ2v) is 5.65.